The second-order valence-electron chi connectivity index (χ2n) is 4.26. The molecular weight excluding hydrogens is 247 g/mol. The number of unbranched alkanes of at least 4 members (excludes halogenated alkanes) is 1. The van der Waals surface area contributed by atoms with Gasteiger partial charge in [0.25, 0.3) is 0 Å². The van der Waals surface area contributed by atoms with E-state index < -0.39 is 5.41 Å². The minimum Gasteiger partial charge on any atom is -0.302 e. The minimum absolute atomic E-state index is 0. The van der Waals surface area contributed by atoms with Gasteiger partial charge in [-0.05, 0) is 32.0 Å². The summed E-state index contributed by atoms with van der Waals surface area (Å²) in [5.74, 6) is -0.449. The Bertz CT molecular complexity index is 335. The molecule has 6 heteroatoms. The van der Waals surface area contributed by atoms with Crippen LogP contribution in [0.25, 0.3) is 0 Å². The Morgan fingerprint density at radius 2 is 1.94 bits per heavy atom. The van der Waals surface area contributed by atoms with Crippen LogP contribution in [-0.2, 0) is 9.59 Å². The molecule has 0 aliphatic carbocycles. The number of rotatable bonds is 4. The van der Waals surface area contributed by atoms with Crippen molar-refractivity contribution in [3.05, 3.63) is 0 Å². The zero-order valence-electron chi connectivity index (χ0n) is 11.0. The van der Waals surface area contributed by atoms with Crippen molar-refractivity contribution in [2.75, 3.05) is 6.54 Å². The molecular formula is C11H18N2NaO2S. The molecule has 0 aromatic rings. The van der Waals surface area contributed by atoms with E-state index in [1.165, 1.54) is 4.90 Å². The van der Waals surface area contributed by atoms with Crippen LogP contribution < -0.4 is 5.32 Å². The summed E-state index contributed by atoms with van der Waals surface area (Å²) in [6, 6.07) is 0. The van der Waals surface area contributed by atoms with Crippen LogP contribution in [0.15, 0.2) is 0 Å². The van der Waals surface area contributed by atoms with Gasteiger partial charge >= 0.3 is 0 Å². The fraction of sp³-hybridized carbons (Fsp3) is 0.727. The largest absolute Gasteiger partial charge is 0.302 e. The molecule has 0 saturated carbocycles. The molecule has 4 nitrogen and oxygen atoms in total. The molecule has 1 heterocycles. The minimum atomic E-state index is -0.962. The Kier molecular flexibility index (Phi) is 6.84. The normalized spacial score (nSPS) is 24.4. The first-order chi connectivity index (χ1) is 7.47. The van der Waals surface area contributed by atoms with E-state index >= 15 is 0 Å². The Hall–Kier alpha value is 0.0300. The predicted octanol–water partition coefficient (Wildman–Crippen LogP) is 1.07. The Morgan fingerprint density at radius 1 is 1.35 bits per heavy atom. The van der Waals surface area contributed by atoms with Crippen molar-refractivity contribution in [2.45, 2.75) is 40.0 Å². The third-order valence-electron chi connectivity index (χ3n) is 3.13. The molecule has 17 heavy (non-hydrogen) atoms. The molecule has 2 amide bonds. The molecule has 1 aliphatic rings. The summed E-state index contributed by atoms with van der Waals surface area (Å²) in [6.07, 6.45) is 2.37. The summed E-state index contributed by atoms with van der Waals surface area (Å²) >= 11 is 5.02. The third kappa shape index (κ3) is 3.28. The van der Waals surface area contributed by atoms with Gasteiger partial charge in [0.15, 0.2) is 5.11 Å². The molecule has 1 fully saturated rings. The van der Waals surface area contributed by atoms with E-state index in [0.29, 0.717) is 13.0 Å². The molecule has 1 radical (unpaired) electrons. The van der Waals surface area contributed by atoms with Gasteiger partial charge in [-0.25, -0.2) is 0 Å². The van der Waals surface area contributed by atoms with Gasteiger partial charge in [-0.2, -0.15) is 0 Å². The molecule has 1 unspecified atom stereocenters. The molecule has 0 aromatic heterocycles. The van der Waals surface area contributed by atoms with Crippen molar-refractivity contribution in [3.8, 4) is 0 Å². The van der Waals surface area contributed by atoms with Crippen LogP contribution in [0.2, 0.25) is 0 Å². The van der Waals surface area contributed by atoms with Crippen LogP contribution >= 0.6 is 12.2 Å². The van der Waals surface area contributed by atoms with Crippen molar-refractivity contribution in [1.82, 2.24) is 10.2 Å². The SMILES string of the molecule is CCCCN1C(=O)C(C)(CC)C(=O)NC1=S.[Na]. The predicted molar refractivity (Wildman–Crippen MR) is 71.5 cm³/mol. The monoisotopic (exact) mass is 265 g/mol. The summed E-state index contributed by atoms with van der Waals surface area (Å²) in [5, 5.41) is 2.85. The maximum Gasteiger partial charge on any atom is 0.244 e. The number of amides is 2. The molecule has 1 rings (SSSR count). The Labute approximate surface area is 130 Å². The van der Waals surface area contributed by atoms with E-state index in [0.717, 1.165) is 12.8 Å². The molecule has 1 saturated heterocycles. The molecule has 0 aromatic carbocycles. The topological polar surface area (TPSA) is 49.4 Å². The number of thiocarbonyl (C=S) groups is 1. The summed E-state index contributed by atoms with van der Waals surface area (Å²) < 4.78 is 0. The zero-order valence-corrected chi connectivity index (χ0v) is 13.8. The van der Waals surface area contributed by atoms with Crippen molar-refractivity contribution < 1.29 is 9.59 Å². The van der Waals surface area contributed by atoms with Crippen LogP contribution in [0, 0.1) is 5.41 Å². The summed E-state index contributed by atoms with van der Waals surface area (Å²) in [5.41, 5.74) is -0.962. The van der Waals surface area contributed by atoms with Gasteiger partial charge in [0.05, 0.1) is 0 Å². The number of hydrogen-bond donors (Lipinski definition) is 1. The number of carbonyl (C=O) groups excluding carboxylic acids is 2. The molecule has 1 aliphatic heterocycles. The van der Waals surface area contributed by atoms with E-state index in [1.54, 1.807) is 6.92 Å². The Morgan fingerprint density at radius 3 is 2.41 bits per heavy atom. The third-order valence-corrected chi connectivity index (χ3v) is 3.45. The van der Waals surface area contributed by atoms with E-state index in [-0.39, 0.29) is 46.5 Å². The smallest absolute Gasteiger partial charge is 0.244 e. The summed E-state index contributed by atoms with van der Waals surface area (Å²) in [6.45, 7) is 6.15. The maximum atomic E-state index is 12.2. The summed E-state index contributed by atoms with van der Waals surface area (Å²) in [7, 11) is 0. The number of hydrogen-bond acceptors (Lipinski definition) is 3. The van der Waals surface area contributed by atoms with Crippen LogP contribution in [0.3, 0.4) is 0 Å². The number of nitrogens with zero attached hydrogens (tertiary/aromatic N) is 1. The van der Waals surface area contributed by atoms with Crippen molar-refractivity contribution in [1.29, 1.82) is 0 Å². The average molecular weight is 265 g/mol. The Balaban J connectivity index is 0.00000256. The standard InChI is InChI=1S/C11H18N2O2S.Na/c1-4-6-7-13-9(15)11(3,5-2)8(14)12-10(13)16;/h4-7H2,1-3H3,(H,12,14,16);. The van der Waals surface area contributed by atoms with Crippen molar-refractivity contribution >= 4 is 58.7 Å². The van der Waals surface area contributed by atoms with E-state index in [4.69, 9.17) is 12.2 Å². The van der Waals surface area contributed by atoms with Gasteiger partial charge in [0, 0.05) is 36.1 Å². The van der Waals surface area contributed by atoms with Gasteiger partial charge in [-0.3, -0.25) is 14.5 Å². The van der Waals surface area contributed by atoms with Crippen LogP contribution in [-0.4, -0.2) is 57.9 Å². The molecule has 0 spiro atoms. The van der Waals surface area contributed by atoms with Crippen molar-refractivity contribution in [2.24, 2.45) is 5.41 Å². The first-order valence-corrected chi connectivity index (χ1v) is 6.05. The maximum absolute atomic E-state index is 12.2. The van der Waals surface area contributed by atoms with Gasteiger partial charge in [0.1, 0.15) is 5.41 Å². The molecule has 1 atom stereocenters. The van der Waals surface area contributed by atoms with Crippen LogP contribution in [0.5, 0.6) is 0 Å². The summed E-state index contributed by atoms with van der Waals surface area (Å²) in [4.78, 5) is 25.4. The van der Waals surface area contributed by atoms with Gasteiger partial charge in [-0.1, -0.05) is 20.3 Å². The van der Waals surface area contributed by atoms with Crippen LogP contribution in [0.1, 0.15) is 40.0 Å². The molecule has 1 N–H and O–H groups in total. The quantitative estimate of drug-likeness (QED) is 0.470. The first kappa shape index (κ1) is 17.0. The van der Waals surface area contributed by atoms with E-state index in [2.05, 4.69) is 12.2 Å². The molecule has 91 valence electrons. The van der Waals surface area contributed by atoms with Gasteiger partial charge in [-0.15, -0.1) is 0 Å². The fourth-order valence-electron chi connectivity index (χ4n) is 1.62. The van der Waals surface area contributed by atoms with E-state index in [1.807, 2.05) is 6.92 Å². The second kappa shape index (κ2) is 6.83. The van der Waals surface area contributed by atoms with Crippen LogP contribution in [0.4, 0.5) is 0 Å². The van der Waals surface area contributed by atoms with Crippen molar-refractivity contribution in [3.63, 3.8) is 0 Å². The van der Waals surface area contributed by atoms with E-state index in [9.17, 15) is 9.59 Å². The first-order valence-electron chi connectivity index (χ1n) is 5.64. The second-order valence-corrected chi connectivity index (χ2v) is 4.64. The average Bonchev–Trinajstić information content (AvgIpc) is 2.26. The fourth-order valence-corrected chi connectivity index (χ4v) is 1.89. The number of carbonyl (C=O) groups is 2. The van der Waals surface area contributed by atoms with Gasteiger partial charge < -0.3 is 5.32 Å². The molecule has 0 bridgehead atoms. The number of nitrogens with one attached hydrogen (secondary N) is 1. The zero-order chi connectivity index (χ0) is 12.3. The van der Waals surface area contributed by atoms with Gasteiger partial charge in [0.2, 0.25) is 11.8 Å².